The van der Waals surface area contributed by atoms with E-state index in [1.54, 1.807) is 0 Å². The van der Waals surface area contributed by atoms with Crippen molar-refractivity contribution >= 4 is 35.2 Å². The van der Waals surface area contributed by atoms with Crippen LogP contribution in [0.1, 0.15) is 88.2 Å². The molecule has 0 amide bonds. The minimum atomic E-state index is 0. The molecule has 0 nitrogen and oxygen atoms in total. The van der Waals surface area contributed by atoms with E-state index in [9.17, 15) is 0 Å². The van der Waals surface area contributed by atoms with Gasteiger partial charge < -0.3 is 29.8 Å². The molecule has 0 aromatic heterocycles. The van der Waals surface area contributed by atoms with Gasteiger partial charge in [-0.05, 0) is 36.4 Å². The number of hydrogen-bond donors (Lipinski definition) is 0. The molecule has 29 heavy (non-hydrogen) atoms. The second-order valence-electron chi connectivity index (χ2n) is 7.53. The van der Waals surface area contributed by atoms with E-state index in [0.29, 0.717) is 0 Å². The van der Waals surface area contributed by atoms with Crippen LogP contribution in [0.3, 0.4) is 0 Å². The summed E-state index contributed by atoms with van der Waals surface area (Å²) in [5, 5.41) is 3.70. The molecule has 3 heteroatoms. The monoisotopic (exact) mass is 470 g/mol. The maximum atomic E-state index is 4.78. The van der Waals surface area contributed by atoms with Crippen molar-refractivity contribution in [3.63, 3.8) is 0 Å². The topological polar surface area (TPSA) is 0 Å². The first kappa shape index (κ1) is 28.4. The van der Waals surface area contributed by atoms with Gasteiger partial charge in [0, 0.05) is 17.1 Å². The average molecular weight is 471 g/mol. The van der Waals surface area contributed by atoms with Gasteiger partial charge in [-0.2, -0.15) is 17.7 Å². The molecular weight excluding hydrogens is 432 g/mol. The van der Waals surface area contributed by atoms with Gasteiger partial charge in [0.15, 0.2) is 0 Å². The number of rotatable bonds is 16. The smallest absolute Gasteiger partial charge is 0 e. The Bertz CT molecular complexity index is 505. The fraction of sp³-hybridized carbons (Fsp3) is 0.538. The van der Waals surface area contributed by atoms with Gasteiger partial charge in [0.1, 0.15) is 0 Å². The van der Waals surface area contributed by atoms with Crippen LogP contribution < -0.4 is 0 Å². The van der Waals surface area contributed by atoms with Crippen LogP contribution in [-0.2, 0) is 29.9 Å². The summed E-state index contributed by atoms with van der Waals surface area (Å²) in [6.07, 6.45) is 18.1. The first-order valence-electron chi connectivity index (χ1n) is 11.1. The first-order chi connectivity index (χ1) is 13.9. The second kappa shape index (κ2) is 22.1. The van der Waals surface area contributed by atoms with E-state index in [1.807, 2.05) is 10.7 Å². The quantitative estimate of drug-likeness (QED) is 0.104. The van der Waals surface area contributed by atoms with Crippen molar-refractivity contribution in [1.29, 1.82) is 0 Å². The number of thiocarbonyl (C=S) groups is 2. The molecule has 0 radical (unpaired) electrons. The van der Waals surface area contributed by atoms with Crippen molar-refractivity contribution in [3.8, 4) is 0 Å². The van der Waals surface area contributed by atoms with E-state index in [-0.39, 0.29) is 17.1 Å². The Morgan fingerprint density at radius 3 is 1.59 bits per heavy atom. The molecule has 0 unspecified atom stereocenters. The zero-order valence-corrected chi connectivity index (χ0v) is 20.6. The number of unbranched alkanes of at least 4 members (excludes halogenated alkanes) is 10. The van der Waals surface area contributed by atoms with Gasteiger partial charge in [0.05, 0.1) is 0 Å². The second-order valence-corrected chi connectivity index (χ2v) is 8.20. The van der Waals surface area contributed by atoms with Crippen molar-refractivity contribution < 1.29 is 17.1 Å². The molecule has 2 rings (SSSR count). The number of aryl methyl sites for hydroxylation is 2. The molecule has 2 aromatic carbocycles. The Kier molecular flexibility index (Phi) is 21.6. The van der Waals surface area contributed by atoms with Crippen molar-refractivity contribution in [1.82, 2.24) is 0 Å². The fourth-order valence-electron chi connectivity index (χ4n) is 3.34. The molecule has 0 aliphatic carbocycles. The molecule has 168 valence electrons. The maximum Gasteiger partial charge on any atom is 0 e. The van der Waals surface area contributed by atoms with Crippen LogP contribution in [0.15, 0.2) is 48.5 Å². The SMILES string of the molecule is S=CCCCCCCC[c-]1[cH-][cH-][cH-][cH-]1.S=CCCCCCCC[c-]1cccc1.[Fe]. The fourth-order valence-corrected chi connectivity index (χ4v) is 3.67. The van der Waals surface area contributed by atoms with Gasteiger partial charge in [0.2, 0.25) is 0 Å². The molecule has 0 N–H and O–H groups in total. The van der Waals surface area contributed by atoms with Crippen LogP contribution in [0.2, 0.25) is 0 Å². The molecule has 0 spiro atoms. The van der Waals surface area contributed by atoms with Crippen molar-refractivity contribution in [3.05, 3.63) is 59.7 Å². The minimum absolute atomic E-state index is 0. The van der Waals surface area contributed by atoms with Gasteiger partial charge in [-0.3, -0.25) is 0 Å². The average Bonchev–Trinajstić information content (AvgIpc) is 3.41. The van der Waals surface area contributed by atoms with E-state index in [1.165, 1.54) is 88.2 Å². The molecule has 0 atom stereocenters. The molecule has 0 heterocycles. The van der Waals surface area contributed by atoms with Crippen LogP contribution in [-0.4, -0.2) is 10.7 Å². The van der Waals surface area contributed by atoms with Crippen LogP contribution in [0, 0.1) is 0 Å². The molecule has 0 saturated carbocycles. The summed E-state index contributed by atoms with van der Waals surface area (Å²) in [5.41, 5.74) is 2.98. The summed E-state index contributed by atoms with van der Waals surface area (Å²) in [6, 6.07) is 17.3. The summed E-state index contributed by atoms with van der Waals surface area (Å²) in [5.74, 6) is 0. The predicted molar refractivity (Wildman–Crippen MR) is 134 cm³/mol. The molecule has 0 aliphatic rings. The van der Waals surface area contributed by atoms with Crippen molar-refractivity contribution in [2.75, 3.05) is 0 Å². The van der Waals surface area contributed by atoms with Gasteiger partial charge >= 0.3 is 0 Å². The van der Waals surface area contributed by atoms with Gasteiger partial charge in [0.25, 0.3) is 0 Å². The molecule has 2 aromatic rings. The van der Waals surface area contributed by atoms with Crippen LogP contribution >= 0.6 is 24.4 Å². The van der Waals surface area contributed by atoms with Crippen LogP contribution in [0.4, 0.5) is 0 Å². The summed E-state index contributed by atoms with van der Waals surface area (Å²) in [7, 11) is 0. The first-order valence-corrected chi connectivity index (χ1v) is 12.1. The van der Waals surface area contributed by atoms with E-state index in [2.05, 4.69) is 48.5 Å². The van der Waals surface area contributed by atoms with E-state index < -0.39 is 0 Å². The predicted octanol–water partition coefficient (Wildman–Crippen LogP) is 8.57. The third-order valence-corrected chi connectivity index (χ3v) is 5.51. The standard InChI is InChI=1S/2C13H19S.Fe/c2*14-12-8-4-2-1-3-5-9-13-10-6-7-11-13;/h2*6-7,10-12H,1-5,8-9H2;/q-5;-1;. The van der Waals surface area contributed by atoms with Crippen molar-refractivity contribution in [2.45, 2.75) is 89.9 Å². The molecular formula is C26H38FeS2-6. The van der Waals surface area contributed by atoms with Gasteiger partial charge in [-0.1, -0.05) is 82.2 Å². The molecule has 0 saturated heterocycles. The number of hydrogen-bond acceptors (Lipinski definition) is 2. The zero-order valence-electron chi connectivity index (χ0n) is 17.8. The van der Waals surface area contributed by atoms with E-state index >= 15 is 0 Å². The van der Waals surface area contributed by atoms with Gasteiger partial charge in [-0.25, -0.2) is 18.6 Å². The van der Waals surface area contributed by atoms with Crippen LogP contribution in [0.5, 0.6) is 0 Å². The summed E-state index contributed by atoms with van der Waals surface area (Å²) < 4.78 is 0. The summed E-state index contributed by atoms with van der Waals surface area (Å²) in [6.45, 7) is 0. The molecule has 0 aliphatic heterocycles. The summed E-state index contributed by atoms with van der Waals surface area (Å²) >= 11 is 9.56. The third kappa shape index (κ3) is 17.9. The minimum Gasteiger partial charge on any atom is -0.748 e. The van der Waals surface area contributed by atoms with Crippen LogP contribution in [0.25, 0.3) is 0 Å². The Morgan fingerprint density at radius 1 is 0.621 bits per heavy atom. The zero-order chi connectivity index (χ0) is 20.1. The Balaban J connectivity index is 0.000000523. The maximum absolute atomic E-state index is 4.78. The van der Waals surface area contributed by atoms with E-state index in [0.717, 1.165) is 12.8 Å². The largest absolute Gasteiger partial charge is 0.748 e. The van der Waals surface area contributed by atoms with E-state index in [4.69, 9.17) is 24.4 Å². The normalized spacial score (nSPS) is 9.93. The summed E-state index contributed by atoms with van der Waals surface area (Å²) in [4.78, 5) is 0. The van der Waals surface area contributed by atoms with Gasteiger partial charge in [-0.15, -0.1) is 0 Å². The van der Waals surface area contributed by atoms with Crippen molar-refractivity contribution in [2.24, 2.45) is 0 Å². The molecule has 0 fully saturated rings. The Morgan fingerprint density at radius 2 is 1.07 bits per heavy atom. The Hall–Kier alpha value is -0.601. The Labute approximate surface area is 201 Å². The molecule has 0 bridgehead atoms. The third-order valence-electron chi connectivity index (χ3n) is 5.04.